The Morgan fingerprint density at radius 2 is 1.81 bits per heavy atom. The molecule has 2 aliphatic carbocycles. The van der Waals surface area contributed by atoms with Crippen LogP contribution < -0.4 is 15.4 Å². The fourth-order valence-electron chi connectivity index (χ4n) is 6.61. The van der Waals surface area contributed by atoms with Crippen LogP contribution in [0.25, 0.3) is 0 Å². The highest BCUT2D eigenvalue weighted by Crippen LogP contribution is 2.47. The number of hydrogen-bond acceptors (Lipinski definition) is 10. The van der Waals surface area contributed by atoms with Gasteiger partial charge in [-0.2, -0.15) is 0 Å². The van der Waals surface area contributed by atoms with Crippen LogP contribution in [0.4, 0.5) is 14.0 Å². The Kier molecular flexibility index (Phi) is 10.8. The molecule has 1 unspecified atom stereocenters. The number of nitrogens with zero attached hydrogens (tertiary/aromatic N) is 2. The SMILES string of the molecule is C=C(C)C(=O)C[C@H](NC(=O)OC(C)(C)C)C(=O)N1CC(OC(=O)N2Cc3cccc(F)c3C2)C[C@H]1C(=O)N[C@]1(C(=O)NS(=O)(=O)C2CC2)C[C@H]1CC. The van der Waals surface area contributed by atoms with Crippen LogP contribution in [0, 0.1) is 11.7 Å². The Morgan fingerprint density at radius 3 is 2.38 bits per heavy atom. The molecule has 0 aromatic heterocycles. The lowest BCUT2D eigenvalue weighted by Crippen LogP contribution is -2.58. The van der Waals surface area contributed by atoms with Gasteiger partial charge in [0.15, 0.2) is 5.78 Å². The fraction of sp³-hybridized carbons (Fsp3) is 0.600. The molecule has 1 saturated heterocycles. The van der Waals surface area contributed by atoms with Crippen molar-refractivity contribution >= 4 is 45.7 Å². The fourth-order valence-corrected chi connectivity index (χ4v) is 7.97. The van der Waals surface area contributed by atoms with E-state index in [9.17, 15) is 41.6 Å². The van der Waals surface area contributed by atoms with Crippen molar-refractivity contribution in [2.45, 2.75) is 121 Å². The Hall–Kier alpha value is -4.54. The molecule has 0 spiro atoms. The van der Waals surface area contributed by atoms with Crippen LogP contribution >= 0.6 is 0 Å². The molecule has 1 aromatic carbocycles. The maximum Gasteiger partial charge on any atom is 0.410 e. The largest absolute Gasteiger partial charge is 0.444 e. The summed E-state index contributed by atoms with van der Waals surface area (Å²) in [7, 11) is -3.94. The second-order valence-corrected chi connectivity index (χ2v) is 17.0. The molecule has 2 heterocycles. The van der Waals surface area contributed by atoms with E-state index in [0.29, 0.717) is 30.4 Å². The summed E-state index contributed by atoms with van der Waals surface area (Å²) in [5, 5.41) is 4.44. The number of likely N-dealkylation sites (tertiary alicyclic amines) is 1. The highest BCUT2D eigenvalue weighted by molar-refractivity contribution is 7.91. The Morgan fingerprint density at radius 1 is 1.12 bits per heavy atom. The van der Waals surface area contributed by atoms with Gasteiger partial charge in [0.2, 0.25) is 21.8 Å². The van der Waals surface area contributed by atoms with Crippen LogP contribution in [0.15, 0.2) is 30.4 Å². The smallest absolute Gasteiger partial charge is 0.410 e. The molecule has 5 rings (SSSR count). The second-order valence-electron chi connectivity index (χ2n) is 15.0. The molecule has 0 bridgehead atoms. The van der Waals surface area contributed by atoms with Crippen molar-refractivity contribution < 1.29 is 51.0 Å². The molecule has 3 fully saturated rings. The van der Waals surface area contributed by atoms with Crippen LogP contribution in [0.1, 0.15) is 84.3 Å². The van der Waals surface area contributed by atoms with E-state index in [-0.39, 0.29) is 38.0 Å². The third-order valence-electron chi connectivity index (χ3n) is 9.70. The van der Waals surface area contributed by atoms with Crippen molar-refractivity contribution in [3.63, 3.8) is 0 Å². The summed E-state index contributed by atoms with van der Waals surface area (Å²) in [6, 6.07) is 1.61. The van der Waals surface area contributed by atoms with Gasteiger partial charge >= 0.3 is 12.2 Å². The first-order valence-corrected chi connectivity index (χ1v) is 18.9. The lowest BCUT2D eigenvalue weighted by atomic mass is 10.0. The molecule has 5 amide bonds. The summed E-state index contributed by atoms with van der Waals surface area (Å²) in [6.07, 6.45) is -2.21. The predicted molar refractivity (Wildman–Crippen MR) is 183 cm³/mol. The standard InChI is InChI=1S/C35H46FN5O10S/c1-7-21-15-35(21,31(45)39-52(48,49)23-11-12-23)38-29(43)27-13-22(50-33(47)40-16-20-9-8-10-25(36)24(20)18-40)17-41(27)30(44)26(14-28(42)19(2)3)37-32(46)51-34(4,5)6/h8-10,21-23,26-27H,2,7,11-18H2,1,3-6H3,(H,37,46)(H,38,43)(H,39,45)/t21-,22?,26+,27+,35-/m1/s1. The van der Waals surface area contributed by atoms with Crippen molar-refractivity contribution in [3.05, 3.63) is 47.3 Å². The van der Waals surface area contributed by atoms with Gasteiger partial charge in [-0.15, -0.1) is 0 Å². The van der Waals surface area contributed by atoms with Crippen molar-refractivity contribution in [1.29, 1.82) is 0 Å². The molecule has 17 heteroatoms. The number of fused-ring (bicyclic) bond motifs is 1. The first-order valence-electron chi connectivity index (χ1n) is 17.3. The summed E-state index contributed by atoms with van der Waals surface area (Å²) in [5.41, 5.74) is -1.45. The van der Waals surface area contributed by atoms with Gasteiger partial charge in [0.25, 0.3) is 5.91 Å². The second kappa shape index (κ2) is 14.5. The quantitative estimate of drug-likeness (QED) is 0.267. The number of benzene rings is 1. The molecule has 4 aliphatic rings. The van der Waals surface area contributed by atoms with Crippen molar-refractivity contribution in [1.82, 2.24) is 25.2 Å². The topological polar surface area (TPSA) is 198 Å². The van der Waals surface area contributed by atoms with Crippen LogP contribution in [0.2, 0.25) is 0 Å². The molecule has 2 aliphatic heterocycles. The molecule has 1 aromatic rings. The number of carbonyl (C=O) groups is 6. The number of amides is 5. The molecular formula is C35H46FN5O10S. The van der Waals surface area contributed by atoms with E-state index in [1.165, 1.54) is 24.0 Å². The molecular weight excluding hydrogens is 701 g/mol. The molecule has 0 radical (unpaired) electrons. The molecule has 284 valence electrons. The first-order chi connectivity index (χ1) is 24.2. The maximum atomic E-state index is 14.4. The Balaban J connectivity index is 1.39. The number of alkyl carbamates (subject to hydrolysis) is 1. The average Bonchev–Trinajstić information content (AvgIpc) is 3.94. The van der Waals surface area contributed by atoms with E-state index in [1.807, 2.05) is 0 Å². The zero-order valence-electron chi connectivity index (χ0n) is 30.0. The minimum Gasteiger partial charge on any atom is -0.444 e. The van der Waals surface area contributed by atoms with Gasteiger partial charge in [-0.1, -0.05) is 32.1 Å². The third-order valence-corrected chi connectivity index (χ3v) is 11.5. The maximum absolute atomic E-state index is 14.4. The highest BCUT2D eigenvalue weighted by Gasteiger charge is 2.62. The lowest BCUT2D eigenvalue weighted by Gasteiger charge is -2.30. The number of hydrogen-bond donors (Lipinski definition) is 3. The Labute approximate surface area is 302 Å². The van der Waals surface area contributed by atoms with Gasteiger partial charge in [-0.05, 0) is 70.1 Å². The summed E-state index contributed by atoms with van der Waals surface area (Å²) in [6.45, 7) is 11.4. The molecule has 15 nitrogen and oxygen atoms in total. The molecule has 52 heavy (non-hydrogen) atoms. The summed E-state index contributed by atoms with van der Waals surface area (Å²) in [4.78, 5) is 83.0. The average molecular weight is 748 g/mol. The van der Waals surface area contributed by atoms with Gasteiger partial charge in [0, 0.05) is 24.9 Å². The van der Waals surface area contributed by atoms with Gasteiger partial charge in [-0.25, -0.2) is 22.4 Å². The number of allylic oxidation sites excluding steroid dienone is 1. The van der Waals surface area contributed by atoms with Crippen LogP contribution in [0.5, 0.6) is 0 Å². The number of Topliss-reactive ketones (excluding diaryl/α,β-unsaturated/α-hetero) is 1. The van der Waals surface area contributed by atoms with E-state index >= 15 is 0 Å². The lowest BCUT2D eigenvalue weighted by molar-refractivity contribution is -0.142. The first kappa shape index (κ1) is 38.7. The summed E-state index contributed by atoms with van der Waals surface area (Å²) >= 11 is 0. The normalized spacial score (nSPS) is 24.3. The van der Waals surface area contributed by atoms with Crippen LogP contribution in [-0.2, 0) is 51.8 Å². The monoisotopic (exact) mass is 747 g/mol. The number of ketones is 1. The van der Waals surface area contributed by atoms with Crippen LogP contribution in [0.3, 0.4) is 0 Å². The summed E-state index contributed by atoms with van der Waals surface area (Å²) in [5.74, 6) is -3.97. The number of carbonyl (C=O) groups excluding carboxylic acids is 6. The minimum atomic E-state index is -3.94. The van der Waals surface area contributed by atoms with Gasteiger partial charge < -0.3 is 25.0 Å². The van der Waals surface area contributed by atoms with E-state index in [4.69, 9.17) is 9.47 Å². The number of ether oxygens (including phenoxy) is 2. The number of sulfonamides is 1. The van der Waals surface area contributed by atoms with Crippen molar-refractivity contribution in [2.75, 3.05) is 6.54 Å². The Bertz CT molecular complexity index is 1790. The predicted octanol–water partition coefficient (Wildman–Crippen LogP) is 2.57. The van der Waals surface area contributed by atoms with E-state index < -0.39 is 98.4 Å². The van der Waals surface area contributed by atoms with Gasteiger partial charge in [0.1, 0.15) is 35.1 Å². The highest BCUT2D eigenvalue weighted by atomic mass is 32.2. The zero-order chi connectivity index (χ0) is 38.3. The minimum absolute atomic E-state index is 0.0508. The molecule has 5 atom stereocenters. The molecule has 3 N–H and O–H groups in total. The van der Waals surface area contributed by atoms with E-state index in [2.05, 4.69) is 21.9 Å². The zero-order valence-corrected chi connectivity index (χ0v) is 30.8. The molecule has 2 saturated carbocycles. The van der Waals surface area contributed by atoms with Crippen LogP contribution in [-0.4, -0.2) is 95.0 Å². The van der Waals surface area contributed by atoms with Crippen molar-refractivity contribution in [2.24, 2.45) is 5.92 Å². The third kappa shape index (κ3) is 8.56. The number of rotatable bonds is 12. The van der Waals surface area contributed by atoms with E-state index in [0.717, 1.165) is 4.90 Å². The van der Waals surface area contributed by atoms with E-state index in [1.54, 1.807) is 33.8 Å². The number of halogens is 1. The summed E-state index contributed by atoms with van der Waals surface area (Å²) < 4.78 is 52.9. The van der Waals surface area contributed by atoms with Crippen molar-refractivity contribution in [3.8, 4) is 0 Å². The van der Waals surface area contributed by atoms with Gasteiger partial charge in [-0.3, -0.25) is 28.8 Å². The number of nitrogens with one attached hydrogen (secondary N) is 3. The van der Waals surface area contributed by atoms with Gasteiger partial charge in [0.05, 0.1) is 18.3 Å².